The Bertz CT molecular complexity index is 1090. The van der Waals surface area contributed by atoms with Crippen molar-refractivity contribution in [2.24, 2.45) is 15.9 Å². The van der Waals surface area contributed by atoms with Crippen LogP contribution < -0.4 is 5.32 Å². The lowest BCUT2D eigenvalue weighted by Crippen LogP contribution is -2.41. The topological polar surface area (TPSA) is 49.6 Å². The van der Waals surface area contributed by atoms with E-state index in [0.717, 1.165) is 68.0 Å². The van der Waals surface area contributed by atoms with Gasteiger partial charge in [-0.3, -0.25) is 4.98 Å². The molecule has 0 saturated heterocycles. The fraction of sp³-hybridized carbons (Fsp3) is 0.393. The molecule has 0 radical (unpaired) electrons. The average molecular weight is 425 g/mol. The van der Waals surface area contributed by atoms with Crippen LogP contribution in [0.5, 0.6) is 0 Å². The van der Waals surface area contributed by atoms with Crippen molar-refractivity contribution in [3.8, 4) is 0 Å². The fourth-order valence-electron chi connectivity index (χ4n) is 4.94. The summed E-state index contributed by atoms with van der Waals surface area (Å²) >= 11 is 0. The molecule has 0 bridgehead atoms. The normalized spacial score (nSPS) is 25.2. The van der Waals surface area contributed by atoms with E-state index < -0.39 is 0 Å². The highest BCUT2D eigenvalue weighted by Gasteiger charge is 2.28. The highest BCUT2D eigenvalue weighted by atomic mass is 15.2. The Hall–Kier alpha value is -3.01. The van der Waals surface area contributed by atoms with Crippen molar-refractivity contribution in [1.82, 2.24) is 10.3 Å². The van der Waals surface area contributed by atoms with Gasteiger partial charge in [-0.2, -0.15) is 0 Å². The number of hydrogen-bond acceptors (Lipinski definition) is 4. The first-order valence-corrected chi connectivity index (χ1v) is 12.0. The zero-order valence-corrected chi connectivity index (χ0v) is 19.1. The first kappa shape index (κ1) is 20.9. The second kappa shape index (κ2) is 9.23. The molecule has 4 nitrogen and oxygen atoms in total. The molecule has 0 saturated carbocycles. The van der Waals surface area contributed by atoms with Gasteiger partial charge >= 0.3 is 0 Å². The molecule has 1 N–H and O–H groups in total. The average Bonchev–Trinajstić information content (AvgIpc) is 2.84. The van der Waals surface area contributed by atoms with Crippen LogP contribution in [-0.2, 0) is 0 Å². The molecule has 32 heavy (non-hydrogen) atoms. The summed E-state index contributed by atoms with van der Waals surface area (Å²) in [4.78, 5) is 14.9. The molecule has 2 heterocycles. The van der Waals surface area contributed by atoms with Crippen LogP contribution in [0.3, 0.4) is 0 Å². The van der Waals surface area contributed by atoms with Crippen LogP contribution in [0.2, 0.25) is 0 Å². The molecule has 4 aliphatic rings. The summed E-state index contributed by atoms with van der Waals surface area (Å²) in [6, 6.07) is 4.35. The molecule has 1 aromatic heterocycles. The quantitative estimate of drug-likeness (QED) is 0.629. The first-order valence-electron chi connectivity index (χ1n) is 12.0. The smallest absolute Gasteiger partial charge is 0.144 e. The molecular formula is C28H32N4. The predicted molar refractivity (Wildman–Crippen MR) is 134 cm³/mol. The van der Waals surface area contributed by atoms with Crippen molar-refractivity contribution in [2.75, 3.05) is 0 Å². The van der Waals surface area contributed by atoms with E-state index in [1.807, 2.05) is 0 Å². The minimum absolute atomic E-state index is 0.00913. The van der Waals surface area contributed by atoms with Gasteiger partial charge in [0.1, 0.15) is 17.8 Å². The molecule has 0 amide bonds. The second-order valence-electron chi connectivity index (χ2n) is 9.21. The highest BCUT2D eigenvalue weighted by Crippen LogP contribution is 2.32. The molecule has 4 heteroatoms. The maximum atomic E-state index is 5.12. The summed E-state index contributed by atoms with van der Waals surface area (Å²) in [5.41, 5.74) is 7.41. The van der Waals surface area contributed by atoms with Gasteiger partial charge in [-0.25, -0.2) is 9.98 Å². The number of allylic oxidation sites excluding steroid dienone is 7. The maximum absolute atomic E-state index is 5.12. The maximum Gasteiger partial charge on any atom is 0.144 e. The van der Waals surface area contributed by atoms with E-state index in [9.17, 15) is 0 Å². The van der Waals surface area contributed by atoms with Crippen molar-refractivity contribution in [1.29, 1.82) is 0 Å². The summed E-state index contributed by atoms with van der Waals surface area (Å²) in [6.45, 7) is 4.22. The zero-order chi connectivity index (χ0) is 21.9. The predicted octanol–water partition coefficient (Wildman–Crippen LogP) is 6.16. The third kappa shape index (κ3) is 4.59. The summed E-state index contributed by atoms with van der Waals surface area (Å²) < 4.78 is 0. The molecule has 0 fully saturated rings. The third-order valence-electron chi connectivity index (χ3n) is 6.63. The van der Waals surface area contributed by atoms with E-state index in [0.29, 0.717) is 5.92 Å². The van der Waals surface area contributed by atoms with Crippen LogP contribution >= 0.6 is 0 Å². The van der Waals surface area contributed by atoms with Gasteiger partial charge in [0.05, 0.1) is 5.69 Å². The molecule has 1 aromatic rings. The van der Waals surface area contributed by atoms with Crippen molar-refractivity contribution < 1.29 is 0 Å². The van der Waals surface area contributed by atoms with E-state index in [1.165, 1.54) is 22.3 Å². The number of hydrogen-bond donors (Lipinski definition) is 1. The molecule has 2 unspecified atom stereocenters. The lowest BCUT2D eigenvalue weighted by molar-refractivity contribution is 0.596. The molecular weight excluding hydrogens is 392 g/mol. The van der Waals surface area contributed by atoms with Gasteiger partial charge in [0, 0.05) is 17.2 Å². The van der Waals surface area contributed by atoms with E-state index in [1.54, 1.807) is 0 Å². The molecule has 5 rings (SSSR count). The van der Waals surface area contributed by atoms with Crippen molar-refractivity contribution in [2.45, 2.75) is 65.0 Å². The Morgan fingerprint density at radius 1 is 1.00 bits per heavy atom. The van der Waals surface area contributed by atoms with E-state index in [2.05, 4.69) is 73.8 Å². The standard InChI is InChI=1S/C28H32N4/c1-19-17-20(2)29-25(18-19)21-13-15-24(16-14-21)28-31-26(22-9-5-3-6-10-22)30-27(32-28)23-11-7-4-8-12-23/h3,5,7,9,11-13,17-18,24,26H,4,6,8,10,14-16H2,1-2H3,(H,30,31,32). The van der Waals surface area contributed by atoms with E-state index in [-0.39, 0.29) is 6.17 Å². The van der Waals surface area contributed by atoms with Gasteiger partial charge in [-0.1, -0.05) is 42.5 Å². The van der Waals surface area contributed by atoms with E-state index in [4.69, 9.17) is 15.0 Å². The Labute approximate surface area is 191 Å². The minimum atomic E-state index is -0.00913. The monoisotopic (exact) mass is 424 g/mol. The Balaban J connectivity index is 1.41. The van der Waals surface area contributed by atoms with Crippen molar-refractivity contribution in [3.63, 3.8) is 0 Å². The minimum Gasteiger partial charge on any atom is -0.344 e. The first-order chi connectivity index (χ1) is 15.7. The summed E-state index contributed by atoms with van der Waals surface area (Å²) in [6.07, 6.45) is 23.1. The Morgan fingerprint density at radius 2 is 1.94 bits per heavy atom. The molecule has 0 spiro atoms. The number of nitrogens with one attached hydrogen (secondary N) is 1. The number of rotatable bonds is 4. The third-order valence-corrected chi connectivity index (χ3v) is 6.63. The number of aromatic nitrogens is 1. The van der Waals surface area contributed by atoms with Gasteiger partial charge < -0.3 is 5.32 Å². The van der Waals surface area contributed by atoms with Crippen LogP contribution in [-0.4, -0.2) is 22.8 Å². The molecule has 2 atom stereocenters. The summed E-state index contributed by atoms with van der Waals surface area (Å²) in [7, 11) is 0. The summed E-state index contributed by atoms with van der Waals surface area (Å²) in [5, 5.41) is 3.62. The van der Waals surface area contributed by atoms with Gasteiger partial charge in [0.2, 0.25) is 0 Å². The van der Waals surface area contributed by atoms with Crippen LogP contribution in [0.15, 0.2) is 75.8 Å². The highest BCUT2D eigenvalue weighted by molar-refractivity contribution is 6.10. The Kier molecular flexibility index (Phi) is 6.02. The number of pyridine rings is 1. The molecule has 1 aliphatic heterocycles. The largest absolute Gasteiger partial charge is 0.344 e. The van der Waals surface area contributed by atoms with Crippen molar-refractivity contribution >= 4 is 17.2 Å². The molecule has 3 aliphatic carbocycles. The SMILES string of the molecule is Cc1cc(C)nc(C2=CCC(C3=NC(C4=CC=CCC4)NC(C4=CCCC=C4)=N3)CC2)c1. The van der Waals surface area contributed by atoms with Crippen LogP contribution in [0.25, 0.3) is 5.57 Å². The van der Waals surface area contributed by atoms with Crippen LogP contribution in [0.1, 0.15) is 61.9 Å². The molecule has 0 aromatic carbocycles. The molecule has 164 valence electrons. The number of aliphatic imine (C=N–C) groups is 2. The fourth-order valence-corrected chi connectivity index (χ4v) is 4.94. The van der Waals surface area contributed by atoms with Gasteiger partial charge in [-0.05, 0) is 87.6 Å². The van der Waals surface area contributed by atoms with Gasteiger partial charge in [-0.15, -0.1) is 0 Å². The summed E-state index contributed by atoms with van der Waals surface area (Å²) in [5.74, 6) is 2.34. The van der Waals surface area contributed by atoms with E-state index >= 15 is 0 Å². The van der Waals surface area contributed by atoms with Crippen LogP contribution in [0, 0.1) is 19.8 Å². The lowest BCUT2D eigenvalue weighted by atomic mass is 9.86. The second-order valence-corrected chi connectivity index (χ2v) is 9.21. The van der Waals surface area contributed by atoms with Gasteiger partial charge in [0.15, 0.2) is 0 Å². The number of nitrogens with zero attached hydrogens (tertiary/aromatic N) is 3. The lowest BCUT2D eigenvalue weighted by Gasteiger charge is -2.30. The van der Waals surface area contributed by atoms with Crippen LogP contribution in [0.4, 0.5) is 0 Å². The van der Waals surface area contributed by atoms with Crippen molar-refractivity contribution in [3.05, 3.63) is 82.8 Å². The number of amidine groups is 2. The van der Waals surface area contributed by atoms with Gasteiger partial charge in [0.25, 0.3) is 0 Å². The zero-order valence-electron chi connectivity index (χ0n) is 19.1. The Morgan fingerprint density at radius 3 is 2.66 bits per heavy atom. The number of aryl methyl sites for hydroxylation is 2.